The minimum absolute atomic E-state index is 0.00544. The Hall–Kier alpha value is -2.29. The van der Waals surface area contributed by atoms with Gasteiger partial charge in [-0.05, 0) is 69.7 Å². The van der Waals surface area contributed by atoms with Crippen molar-refractivity contribution in [1.29, 1.82) is 0 Å². The lowest BCUT2D eigenvalue weighted by molar-refractivity contribution is -0.189. The number of rotatable bonds is 5. The van der Waals surface area contributed by atoms with Crippen molar-refractivity contribution in [2.24, 2.45) is 5.41 Å². The number of likely N-dealkylation sites (tertiary alicyclic amines) is 1. The summed E-state index contributed by atoms with van der Waals surface area (Å²) in [6.07, 6.45) is -2.26. The fourth-order valence-corrected chi connectivity index (χ4v) is 5.08. The lowest BCUT2D eigenvalue weighted by Gasteiger charge is -2.42. The van der Waals surface area contributed by atoms with Crippen molar-refractivity contribution < 1.29 is 32.6 Å². The van der Waals surface area contributed by atoms with Crippen LogP contribution in [0.2, 0.25) is 0 Å². The fourth-order valence-electron chi connectivity index (χ4n) is 5.08. The first-order valence-corrected chi connectivity index (χ1v) is 11.2. The van der Waals surface area contributed by atoms with Gasteiger partial charge in [0, 0.05) is 31.7 Å². The van der Waals surface area contributed by atoms with Crippen LogP contribution in [0.1, 0.15) is 51.9 Å². The molecule has 0 radical (unpaired) electrons. The van der Waals surface area contributed by atoms with Gasteiger partial charge in [0.1, 0.15) is 5.75 Å². The SMILES string of the molecule is CC(Oc1ccc(N2CCC3(CCC(O)(CN4CCCC4=O)CC3)C2=O)cc1)C(F)(F)F. The molecule has 176 valence electrons. The van der Waals surface area contributed by atoms with Crippen molar-refractivity contribution in [2.45, 2.75) is 69.8 Å². The van der Waals surface area contributed by atoms with E-state index in [0.717, 1.165) is 13.3 Å². The molecular weight excluding hydrogens is 425 g/mol. The van der Waals surface area contributed by atoms with E-state index >= 15 is 0 Å². The summed E-state index contributed by atoms with van der Waals surface area (Å²) in [6.45, 7) is 2.49. The predicted molar refractivity (Wildman–Crippen MR) is 111 cm³/mol. The molecule has 32 heavy (non-hydrogen) atoms. The number of hydrogen-bond acceptors (Lipinski definition) is 4. The van der Waals surface area contributed by atoms with Crippen molar-refractivity contribution in [3.63, 3.8) is 0 Å². The lowest BCUT2D eigenvalue weighted by atomic mass is 9.67. The van der Waals surface area contributed by atoms with E-state index in [1.54, 1.807) is 21.9 Å². The van der Waals surface area contributed by atoms with Crippen LogP contribution in [0.25, 0.3) is 0 Å². The number of benzene rings is 1. The van der Waals surface area contributed by atoms with Gasteiger partial charge in [0.15, 0.2) is 6.10 Å². The second-order valence-electron chi connectivity index (χ2n) is 9.43. The molecule has 1 unspecified atom stereocenters. The van der Waals surface area contributed by atoms with Crippen molar-refractivity contribution in [1.82, 2.24) is 4.90 Å². The Balaban J connectivity index is 1.37. The maximum atomic E-state index is 13.3. The summed E-state index contributed by atoms with van der Waals surface area (Å²) >= 11 is 0. The number of anilines is 1. The number of halogens is 3. The van der Waals surface area contributed by atoms with E-state index in [4.69, 9.17) is 4.74 Å². The van der Waals surface area contributed by atoms with Crippen LogP contribution in [0.15, 0.2) is 24.3 Å². The standard InChI is InChI=1S/C23H29F3N2O4/c1-16(23(24,25)26)32-18-6-4-17(5-7-18)28-14-12-21(20(28)30)8-10-22(31,11-9-21)15-27-13-2-3-19(27)29/h4-7,16,31H,2-3,8-15H2,1H3. The highest BCUT2D eigenvalue weighted by molar-refractivity contribution is 6.00. The smallest absolute Gasteiger partial charge is 0.425 e. The van der Waals surface area contributed by atoms with E-state index in [1.165, 1.54) is 12.1 Å². The highest BCUT2D eigenvalue weighted by Crippen LogP contribution is 2.49. The number of aliphatic hydroxyl groups is 1. The molecule has 1 aromatic rings. The summed E-state index contributed by atoms with van der Waals surface area (Å²) in [5, 5.41) is 11.0. The third-order valence-electron chi connectivity index (χ3n) is 7.23. The lowest BCUT2D eigenvalue weighted by Crippen LogP contribution is -2.49. The molecule has 3 aliphatic rings. The predicted octanol–water partition coefficient (Wildman–Crippen LogP) is 3.67. The van der Waals surface area contributed by atoms with Crippen LogP contribution in [-0.2, 0) is 9.59 Å². The molecule has 6 nitrogen and oxygen atoms in total. The number of hydrogen-bond donors (Lipinski definition) is 1. The molecule has 2 aliphatic heterocycles. The second-order valence-corrected chi connectivity index (χ2v) is 9.43. The molecule has 2 amide bonds. The third kappa shape index (κ3) is 4.44. The summed E-state index contributed by atoms with van der Waals surface area (Å²) in [5.41, 5.74) is -0.851. The molecule has 1 aliphatic carbocycles. The highest BCUT2D eigenvalue weighted by atomic mass is 19.4. The summed E-state index contributed by atoms with van der Waals surface area (Å²) in [5.74, 6) is 0.173. The molecule has 1 N–H and O–H groups in total. The van der Waals surface area contributed by atoms with Crippen molar-refractivity contribution in [3.05, 3.63) is 24.3 Å². The first-order chi connectivity index (χ1) is 15.0. The molecule has 2 heterocycles. The topological polar surface area (TPSA) is 70.1 Å². The van der Waals surface area contributed by atoms with Gasteiger partial charge in [0.05, 0.1) is 11.0 Å². The zero-order chi connectivity index (χ0) is 23.1. The Bertz CT molecular complexity index is 863. The molecule has 3 fully saturated rings. The summed E-state index contributed by atoms with van der Waals surface area (Å²) in [7, 11) is 0. The largest absolute Gasteiger partial charge is 0.481 e. The molecule has 1 atom stereocenters. The maximum absolute atomic E-state index is 13.3. The second kappa shape index (κ2) is 8.24. The number of nitrogens with zero attached hydrogens (tertiary/aromatic N) is 2. The first kappa shape index (κ1) is 22.9. The van der Waals surface area contributed by atoms with Gasteiger partial charge in [-0.1, -0.05) is 0 Å². The molecular formula is C23H29F3N2O4. The molecule has 0 bridgehead atoms. The Morgan fingerprint density at radius 2 is 1.72 bits per heavy atom. The van der Waals surface area contributed by atoms with E-state index in [1.807, 2.05) is 0 Å². The van der Waals surface area contributed by atoms with Crippen molar-refractivity contribution in [3.8, 4) is 5.75 Å². The first-order valence-electron chi connectivity index (χ1n) is 11.2. The van der Waals surface area contributed by atoms with Crippen LogP contribution in [0, 0.1) is 5.41 Å². The van der Waals surface area contributed by atoms with Crippen LogP contribution in [0.4, 0.5) is 18.9 Å². The minimum atomic E-state index is -4.44. The van der Waals surface area contributed by atoms with E-state index in [9.17, 15) is 27.9 Å². The van der Waals surface area contributed by atoms with E-state index < -0.39 is 23.3 Å². The fraction of sp³-hybridized carbons (Fsp3) is 0.652. The highest BCUT2D eigenvalue weighted by Gasteiger charge is 2.52. The molecule has 1 aromatic carbocycles. The van der Waals surface area contributed by atoms with Crippen molar-refractivity contribution in [2.75, 3.05) is 24.5 Å². The molecule has 4 rings (SSSR count). The Morgan fingerprint density at radius 3 is 2.28 bits per heavy atom. The van der Waals surface area contributed by atoms with Gasteiger partial charge in [0.2, 0.25) is 11.8 Å². The normalized spacial score (nSPS) is 29.8. The average Bonchev–Trinajstić information content (AvgIpc) is 3.28. The number of ether oxygens (including phenoxy) is 1. The van der Waals surface area contributed by atoms with Crippen LogP contribution in [0.3, 0.4) is 0 Å². The van der Waals surface area contributed by atoms with E-state index in [-0.39, 0.29) is 17.6 Å². The number of alkyl halides is 3. The van der Waals surface area contributed by atoms with Crippen LogP contribution in [0.5, 0.6) is 5.75 Å². The van der Waals surface area contributed by atoms with Gasteiger partial charge in [-0.15, -0.1) is 0 Å². The minimum Gasteiger partial charge on any atom is -0.481 e. The molecule has 2 saturated heterocycles. The Morgan fingerprint density at radius 1 is 1.06 bits per heavy atom. The maximum Gasteiger partial charge on any atom is 0.425 e. The molecule has 9 heteroatoms. The summed E-state index contributed by atoms with van der Waals surface area (Å²) in [6, 6.07) is 6.10. The van der Waals surface area contributed by atoms with Gasteiger partial charge in [-0.25, -0.2) is 0 Å². The molecule has 0 aromatic heterocycles. The average molecular weight is 454 g/mol. The number of carbonyl (C=O) groups is 2. The number of carbonyl (C=O) groups excluding carboxylic acids is 2. The van der Waals surface area contributed by atoms with Gasteiger partial charge >= 0.3 is 6.18 Å². The summed E-state index contributed by atoms with van der Waals surface area (Å²) in [4.78, 5) is 28.6. The molecule has 1 spiro atoms. The van der Waals surface area contributed by atoms with Gasteiger partial charge in [-0.3, -0.25) is 9.59 Å². The van der Waals surface area contributed by atoms with Crippen molar-refractivity contribution >= 4 is 17.5 Å². The summed E-state index contributed by atoms with van der Waals surface area (Å²) < 4.78 is 43.0. The number of amides is 2. The zero-order valence-corrected chi connectivity index (χ0v) is 18.2. The van der Waals surface area contributed by atoms with Crippen LogP contribution in [-0.4, -0.2) is 59.3 Å². The van der Waals surface area contributed by atoms with Gasteiger partial charge in [-0.2, -0.15) is 13.2 Å². The third-order valence-corrected chi connectivity index (χ3v) is 7.23. The molecule has 1 saturated carbocycles. The Labute approximate surface area is 185 Å². The van der Waals surface area contributed by atoms with Gasteiger partial charge < -0.3 is 19.6 Å². The van der Waals surface area contributed by atoms with Crippen LogP contribution >= 0.6 is 0 Å². The van der Waals surface area contributed by atoms with E-state index in [0.29, 0.717) is 63.8 Å². The monoisotopic (exact) mass is 454 g/mol. The van der Waals surface area contributed by atoms with Crippen LogP contribution < -0.4 is 9.64 Å². The van der Waals surface area contributed by atoms with Gasteiger partial charge in [0.25, 0.3) is 0 Å². The Kier molecular flexibility index (Phi) is 5.90. The quantitative estimate of drug-likeness (QED) is 0.737. The zero-order valence-electron chi connectivity index (χ0n) is 18.2. The number of β-amino-alcohol motifs (C(OH)–C–C–N with tert-alkyl or cyclic N) is 1. The van der Waals surface area contributed by atoms with E-state index in [2.05, 4.69) is 0 Å².